The number of ether oxygens (including phenoxy) is 1. The second-order valence-electron chi connectivity index (χ2n) is 8.86. The predicted octanol–water partition coefficient (Wildman–Crippen LogP) is 6.54. The van der Waals surface area contributed by atoms with E-state index in [0.29, 0.717) is 0 Å². The van der Waals surface area contributed by atoms with Crippen LogP contribution < -0.4 is 0 Å². The first-order valence-corrected chi connectivity index (χ1v) is 10.5. The standard InChI is InChI=1S/C24H24ClF3O2/c1-14-16(10-7-11-17(14)15-8-5-4-6-9-15)13-30-21(29)20-22(2)18(23(20,22)3)12-19(25)24(26,27)28/h4-11,18-20H,12-13H2,1-3H3/t18?,19?,20?,22-,23?/m0/s1. The van der Waals surface area contributed by atoms with Gasteiger partial charge >= 0.3 is 12.1 Å². The van der Waals surface area contributed by atoms with Crippen LogP contribution in [-0.4, -0.2) is 17.5 Å². The summed E-state index contributed by atoms with van der Waals surface area (Å²) < 4.78 is 43.9. The molecule has 30 heavy (non-hydrogen) atoms. The van der Waals surface area contributed by atoms with E-state index >= 15 is 0 Å². The first kappa shape index (κ1) is 21.2. The molecule has 0 spiro atoms. The fourth-order valence-corrected chi connectivity index (χ4v) is 5.63. The zero-order chi connectivity index (χ0) is 21.9. The fraction of sp³-hybridized carbons (Fsp3) is 0.458. The molecule has 2 aliphatic rings. The minimum absolute atomic E-state index is 0.152. The molecule has 2 aliphatic carbocycles. The molecule has 4 rings (SSSR count). The van der Waals surface area contributed by atoms with Gasteiger partial charge in [-0.2, -0.15) is 13.2 Å². The smallest absolute Gasteiger partial charge is 0.404 e. The molecule has 2 aromatic carbocycles. The van der Waals surface area contributed by atoms with Crippen LogP contribution in [0.2, 0.25) is 0 Å². The highest BCUT2D eigenvalue weighted by molar-refractivity contribution is 6.21. The molecule has 2 fully saturated rings. The van der Waals surface area contributed by atoms with Crippen LogP contribution in [0.15, 0.2) is 48.5 Å². The summed E-state index contributed by atoms with van der Waals surface area (Å²) in [5.74, 6) is -0.890. The van der Waals surface area contributed by atoms with Gasteiger partial charge in [-0.05, 0) is 52.3 Å². The van der Waals surface area contributed by atoms with Crippen LogP contribution in [0.5, 0.6) is 0 Å². The van der Waals surface area contributed by atoms with Crippen molar-refractivity contribution in [3.8, 4) is 11.1 Å². The van der Waals surface area contributed by atoms with Crippen LogP contribution in [0.4, 0.5) is 13.2 Å². The summed E-state index contributed by atoms with van der Waals surface area (Å²) in [5, 5.41) is -1.87. The number of carbonyl (C=O) groups excluding carboxylic acids is 1. The number of halogens is 4. The Morgan fingerprint density at radius 3 is 2.33 bits per heavy atom. The van der Waals surface area contributed by atoms with Crippen LogP contribution in [0.1, 0.15) is 31.4 Å². The summed E-state index contributed by atoms with van der Waals surface area (Å²) in [6, 6.07) is 15.9. The molecule has 0 saturated heterocycles. The zero-order valence-electron chi connectivity index (χ0n) is 17.1. The molecule has 2 nitrogen and oxygen atoms in total. The van der Waals surface area contributed by atoms with Gasteiger partial charge < -0.3 is 4.74 Å². The van der Waals surface area contributed by atoms with Crippen molar-refractivity contribution in [2.24, 2.45) is 22.7 Å². The lowest BCUT2D eigenvalue weighted by Gasteiger charge is -2.22. The molecule has 4 unspecified atom stereocenters. The Kier molecular flexibility index (Phi) is 4.96. The highest BCUT2D eigenvalue weighted by Gasteiger charge is 2.95. The highest BCUT2D eigenvalue weighted by atomic mass is 35.5. The van der Waals surface area contributed by atoms with Crippen LogP contribution >= 0.6 is 11.6 Å². The molecule has 0 radical (unpaired) electrons. The van der Waals surface area contributed by atoms with Gasteiger partial charge in [0.15, 0.2) is 0 Å². The van der Waals surface area contributed by atoms with Gasteiger partial charge in [0, 0.05) is 0 Å². The normalized spacial score (nSPS) is 30.4. The van der Waals surface area contributed by atoms with Crippen molar-refractivity contribution < 1.29 is 22.7 Å². The van der Waals surface area contributed by atoms with E-state index in [1.54, 1.807) is 0 Å². The SMILES string of the molecule is Cc1c(COC(=O)C2C3(C)C(CC(Cl)C(F)(F)F)[C@@]23C)cccc1-c1ccccc1. The first-order valence-electron chi connectivity index (χ1n) is 10.0. The second kappa shape index (κ2) is 7.01. The molecular formula is C24H24ClF3O2. The monoisotopic (exact) mass is 436 g/mol. The largest absolute Gasteiger partial charge is 0.461 e. The Morgan fingerprint density at radius 1 is 1.10 bits per heavy atom. The van der Waals surface area contributed by atoms with Crippen molar-refractivity contribution in [3.63, 3.8) is 0 Å². The van der Waals surface area contributed by atoms with E-state index in [1.165, 1.54) is 0 Å². The Balaban J connectivity index is 1.38. The number of hydrogen-bond acceptors (Lipinski definition) is 2. The molecule has 0 aliphatic heterocycles. The van der Waals surface area contributed by atoms with Gasteiger partial charge in [0.2, 0.25) is 0 Å². The maximum Gasteiger partial charge on any atom is 0.404 e. The number of rotatable bonds is 6. The van der Waals surface area contributed by atoms with E-state index in [-0.39, 0.29) is 30.8 Å². The summed E-state index contributed by atoms with van der Waals surface area (Å²) in [6.07, 6.45) is -4.57. The summed E-state index contributed by atoms with van der Waals surface area (Å²) in [5.41, 5.74) is 3.26. The van der Waals surface area contributed by atoms with E-state index < -0.39 is 22.4 Å². The van der Waals surface area contributed by atoms with Crippen molar-refractivity contribution >= 4 is 17.6 Å². The van der Waals surface area contributed by atoms with E-state index in [0.717, 1.165) is 22.3 Å². The van der Waals surface area contributed by atoms with Crippen molar-refractivity contribution in [1.29, 1.82) is 0 Å². The molecule has 2 aromatic rings. The third-order valence-electron chi connectivity index (χ3n) is 7.58. The van der Waals surface area contributed by atoms with E-state index in [2.05, 4.69) is 0 Å². The molecule has 0 aromatic heterocycles. The fourth-order valence-electron chi connectivity index (χ4n) is 5.45. The van der Waals surface area contributed by atoms with E-state index in [9.17, 15) is 18.0 Å². The molecule has 2 saturated carbocycles. The summed E-state index contributed by atoms with van der Waals surface area (Å²) in [4.78, 5) is 12.6. The molecular weight excluding hydrogens is 413 g/mol. The lowest BCUT2D eigenvalue weighted by Crippen LogP contribution is -2.29. The maximum atomic E-state index is 12.8. The Hall–Kier alpha value is -2.01. The molecule has 160 valence electrons. The molecule has 0 bridgehead atoms. The van der Waals surface area contributed by atoms with Gasteiger partial charge in [0.25, 0.3) is 0 Å². The maximum absolute atomic E-state index is 12.8. The summed E-state index contributed by atoms with van der Waals surface area (Å²) in [6.45, 7) is 5.88. The van der Waals surface area contributed by atoms with Crippen molar-refractivity contribution in [2.45, 2.75) is 45.4 Å². The first-order chi connectivity index (χ1) is 14.0. The molecule has 5 atom stereocenters. The van der Waals surface area contributed by atoms with Crippen molar-refractivity contribution in [3.05, 3.63) is 59.7 Å². The topological polar surface area (TPSA) is 26.3 Å². The van der Waals surface area contributed by atoms with Crippen molar-refractivity contribution in [1.82, 2.24) is 0 Å². The third-order valence-corrected chi connectivity index (χ3v) is 8.00. The lowest BCUT2D eigenvalue weighted by molar-refractivity contribution is -0.150. The number of benzene rings is 2. The van der Waals surface area contributed by atoms with Gasteiger partial charge in [-0.15, -0.1) is 11.6 Å². The average Bonchev–Trinajstić information content (AvgIpc) is 3.40. The van der Waals surface area contributed by atoms with Gasteiger partial charge in [-0.1, -0.05) is 62.4 Å². The number of alkyl halides is 4. The lowest BCUT2D eigenvalue weighted by atomic mass is 9.89. The zero-order valence-corrected chi connectivity index (χ0v) is 17.8. The Morgan fingerprint density at radius 2 is 1.73 bits per heavy atom. The summed E-state index contributed by atoms with van der Waals surface area (Å²) >= 11 is 5.51. The third kappa shape index (κ3) is 3.13. The summed E-state index contributed by atoms with van der Waals surface area (Å²) in [7, 11) is 0. The minimum Gasteiger partial charge on any atom is -0.461 e. The van der Waals surface area contributed by atoms with E-state index in [4.69, 9.17) is 16.3 Å². The molecule has 0 N–H and O–H groups in total. The van der Waals surface area contributed by atoms with E-state index in [1.807, 2.05) is 69.3 Å². The Bertz CT molecular complexity index is 958. The van der Waals surface area contributed by atoms with Gasteiger partial charge in [-0.25, -0.2) is 0 Å². The van der Waals surface area contributed by atoms with Gasteiger partial charge in [0.1, 0.15) is 12.0 Å². The number of fused-ring (bicyclic) bond motifs is 1. The van der Waals surface area contributed by atoms with Crippen LogP contribution in [0.3, 0.4) is 0 Å². The number of carbonyl (C=O) groups is 1. The molecule has 6 heteroatoms. The van der Waals surface area contributed by atoms with Crippen LogP contribution in [0, 0.1) is 29.6 Å². The highest BCUT2D eigenvalue weighted by Crippen LogP contribution is 2.94. The second-order valence-corrected chi connectivity index (χ2v) is 9.39. The predicted molar refractivity (Wildman–Crippen MR) is 110 cm³/mol. The average molecular weight is 437 g/mol. The molecule has 0 amide bonds. The van der Waals surface area contributed by atoms with Crippen LogP contribution in [-0.2, 0) is 16.1 Å². The quantitative estimate of drug-likeness (QED) is 0.379. The van der Waals surface area contributed by atoms with Gasteiger partial charge in [-0.3, -0.25) is 4.79 Å². The van der Waals surface area contributed by atoms with Gasteiger partial charge in [0.05, 0.1) is 5.92 Å². The Labute approximate surface area is 179 Å². The number of esters is 1. The van der Waals surface area contributed by atoms with Crippen LogP contribution in [0.25, 0.3) is 11.1 Å². The minimum atomic E-state index is -4.42. The van der Waals surface area contributed by atoms with Crippen molar-refractivity contribution in [2.75, 3.05) is 0 Å². The molecule has 0 heterocycles. The number of hydrogen-bond donors (Lipinski definition) is 0.